The van der Waals surface area contributed by atoms with Gasteiger partial charge in [-0.3, -0.25) is 9.69 Å². The van der Waals surface area contributed by atoms with E-state index in [4.69, 9.17) is 4.74 Å². The highest BCUT2D eigenvalue weighted by molar-refractivity contribution is 7.19. The van der Waals surface area contributed by atoms with Gasteiger partial charge in [0, 0.05) is 38.6 Å². The molecule has 5 rings (SSSR count). The minimum atomic E-state index is 0.229. The Morgan fingerprint density at radius 2 is 1.90 bits per heavy atom. The third-order valence-corrected chi connectivity index (χ3v) is 6.81. The molecule has 8 heteroatoms. The number of carbonyl (C=O) groups excluding carboxylic acids is 1. The van der Waals surface area contributed by atoms with E-state index < -0.39 is 0 Å². The van der Waals surface area contributed by atoms with E-state index in [-0.39, 0.29) is 5.91 Å². The lowest BCUT2D eigenvalue weighted by Gasteiger charge is -2.40. The summed E-state index contributed by atoms with van der Waals surface area (Å²) in [4.78, 5) is 30.4. The summed E-state index contributed by atoms with van der Waals surface area (Å²) in [6.07, 6.45) is 4.99. The van der Waals surface area contributed by atoms with Gasteiger partial charge < -0.3 is 9.64 Å². The number of nitrogens with zero attached hydrogens (tertiary/aromatic N) is 5. The summed E-state index contributed by atoms with van der Waals surface area (Å²) in [6, 6.07) is 9.01. The maximum absolute atomic E-state index is 11.9. The number of piperazine rings is 1. The Bertz CT molecular complexity index is 1050. The number of ether oxygens (including phenoxy) is 1. The van der Waals surface area contributed by atoms with Crippen molar-refractivity contribution in [2.24, 2.45) is 0 Å². The summed E-state index contributed by atoms with van der Waals surface area (Å²) < 4.78 is 5.90. The van der Waals surface area contributed by atoms with Crippen molar-refractivity contribution in [2.75, 3.05) is 19.6 Å². The number of hydrogen-bond acceptors (Lipinski definition) is 7. The molecule has 30 heavy (non-hydrogen) atoms. The second-order valence-corrected chi connectivity index (χ2v) is 9.13. The quantitative estimate of drug-likeness (QED) is 0.626. The van der Waals surface area contributed by atoms with Crippen LogP contribution in [0.5, 0.6) is 10.9 Å². The number of benzene rings is 1. The highest BCUT2D eigenvalue weighted by Gasteiger charge is 2.40. The molecule has 0 aliphatic carbocycles. The molecule has 2 fully saturated rings. The van der Waals surface area contributed by atoms with Gasteiger partial charge in [0.05, 0.1) is 11.9 Å². The van der Waals surface area contributed by atoms with Gasteiger partial charge in [-0.15, -0.1) is 0 Å². The topological polar surface area (TPSA) is 71.5 Å². The van der Waals surface area contributed by atoms with E-state index in [1.807, 2.05) is 19.1 Å². The van der Waals surface area contributed by atoms with E-state index in [0.29, 0.717) is 22.9 Å². The first-order valence-corrected chi connectivity index (χ1v) is 11.2. The molecule has 7 nitrogen and oxygen atoms in total. The SMILES string of the molecule is CC(=O)N1[C@@H]2CC[C@H]1CN(CCc1ccc(Oc3nc4ncc(C)nc4s3)cc1)C2. The van der Waals surface area contributed by atoms with Crippen LogP contribution in [0.4, 0.5) is 0 Å². The molecule has 3 aromatic rings. The lowest BCUT2D eigenvalue weighted by atomic mass is 10.1. The highest BCUT2D eigenvalue weighted by Crippen LogP contribution is 2.31. The van der Waals surface area contributed by atoms with Gasteiger partial charge in [0.25, 0.3) is 5.19 Å². The largest absolute Gasteiger partial charge is 0.431 e. The molecule has 1 amide bonds. The number of likely N-dealkylation sites (tertiary alicyclic amines) is 1. The van der Waals surface area contributed by atoms with Gasteiger partial charge in [0.1, 0.15) is 5.75 Å². The van der Waals surface area contributed by atoms with Gasteiger partial charge in [0.2, 0.25) is 5.91 Å². The van der Waals surface area contributed by atoms with E-state index in [2.05, 4.69) is 36.9 Å². The molecule has 1 aromatic carbocycles. The van der Waals surface area contributed by atoms with Gasteiger partial charge in [-0.25, -0.2) is 9.97 Å². The Kier molecular flexibility index (Phi) is 5.12. The Hall–Kier alpha value is -2.58. The van der Waals surface area contributed by atoms with Crippen LogP contribution in [0.2, 0.25) is 0 Å². The Labute approximate surface area is 179 Å². The number of aromatic nitrogens is 3. The Morgan fingerprint density at radius 3 is 2.60 bits per heavy atom. The van der Waals surface area contributed by atoms with E-state index >= 15 is 0 Å². The first kappa shape index (κ1) is 19.4. The van der Waals surface area contributed by atoms with Crippen molar-refractivity contribution in [2.45, 2.75) is 45.2 Å². The predicted molar refractivity (Wildman–Crippen MR) is 116 cm³/mol. The van der Waals surface area contributed by atoms with E-state index in [1.54, 1.807) is 13.1 Å². The third-order valence-electron chi connectivity index (χ3n) is 5.99. The van der Waals surface area contributed by atoms with Crippen LogP contribution in [0.25, 0.3) is 10.5 Å². The molecular formula is C22H25N5O2S. The highest BCUT2D eigenvalue weighted by atomic mass is 32.1. The Morgan fingerprint density at radius 1 is 1.17 bits per heavy atom. The minimum Gasteiger partial charge on any atom is -0.431 e. The van der Waals surface area contributed by atoms with Gasteiger partial charge in [0.15, 0.2) is 10.5 Å². The van der Waals surface area contributed by atoms with Crippen molar-refractivity contribution in [3.05, 3.63) is 41.7 Å². The summed E-state index contributed by atoms with van der Waals surface area (Å²) in [5.74, 6) is 0.996. The first-order chi connectivity index (χ1) is 14.5. The number of amides is 1. The molecule has 2 aliphatic rings. The van der Waals surface area contributed by atoms with Crippen molar-refractivity contribution in [3.8, 4) is 10.9 Å². The van der Waals surface area contributed by atoms with Crippen molar-refractivity contribution < 1.29 is 9.53 Å². The minimum absolute atomic E-state index is 0.229. The molecule has 2 saturated heterocycles. The zero-order valence-corrected chi connectivity index (χ0v) is 18.1. The summed E-state index contributed by atoms with van der Waals surface area (Å²) in [5.41, 5.74) is 2.78. The maximum atomic E-state index is 11.9. The summed E-state index contributed by atoms with van der Waals surface area (Å²) in [6.45, 7) is 6.63. The predicted octanol–water partition coefficient (Wildman–Crippen LogP) is 3.42. The van der Waals surface area contributed by atoms with Crippen molar-refractivity contribution in [3.63, 3.8) is 0 Å². The molecule has 2 atom stereocenters. The number of hydrogen-bond donors (Lipinski definition) is 0. The number of fused-ring (bicyclic) bond motifs is 3. The van der Waals surface area contributed by atoms with Crippen LogP contribution in [0.15, 0.2) is 30.5 Å². The maximum Gasteiger partial charge on any atom is 0.282 e. The molecule has 2 aromatic heterocycles. The van der Waals surface area contributed by atoms with Crippen LogP contribution in [-0.2, 0) is 11.2 Å². The van der Waals surface area contributed by atoms with Crippen LogP contribution >= 0.6 is 11.3 Å². The van der Waals surface area contributed by atoms with Crippen LogP contribution in [0.1, 0.15) is 31.0 Å². The molecule has 4 heterocycles. The second-order valence-electron chi connectivity index (χ2n) is 8.19. The average molecular weight is 424 g/mol. The van der Waals surface area contributed by atoms with E-state index in [9.17, 15) is 4.79 Å². The first-order valence-electron chi connectivity index (χ1n) is 10.4. The van der Waals surface area contributed by atoms with Gasteiger partial charge >= 0.3 is 0 Å². The lowest BCUT2D eigenvalue weighted by Crippen LogP contribution is -2.55. The number of carbonyl (C=O) groups is 1. The van der Waals surface area contributed by atoms with Gasteiger partial charge in [-0.1, -0.05) is 23.5 Å². The zero-order valence-electron chi connectivity index (χ0n) is 17.2. The summed E-state index contributed by atoms with van der Waals surface area (Å²) in [7, 11) is 0. The molecular weight excluding hydrogens is 398 g/mol. The number of aryl methyl sites for hydroxylation is 1. The summed E-state index contributed by atoms with van der Waals surface area (Å²) >= 11 is 1.41. The standard InChI is InChI=1S/C22H25N5O2S/c1-14-11-23-20-21(24-14)30-22(25-20)29-19-7-3-16(4-8-19)9-10-26-12-17-5-6-18(13-26)27(17)15(2)28/h3-4,7-8,11,17-18H,5-6,9-10,12-13H2,1-2H3/t17-,18+. The van der Waals surface area contributed by atoms with Crippen molar-refractivity contribution in [1.82, 2.24) is 24.8 Å². The van der Waals surface area contributed by atoms with Crippen LogP contribution in [0.3, 0.4) is 0 Å². The average Bonchev–Trinajstić information content (AvgIpc) is 3.24. The molecule has 0 spiro atoms. The zero-order chi connectivity index (χ0) is 20.7. The molecule has 156 valence electrons. The Balaban J connectivity index is 1.17. The van der Waals surface area contributed by atoms with Crippen LogP contribution < -0.4 is 4.74 Å². The second kappa shape index (κ2) is 7.92. The molecule has 0 radical (unpaired) electrons. The fourth-order valence-electron chi connectivity index (χ4n) is 4.63. The normalized spacial score (nSPS) is 21.3. The van der Waals surface area contributed by atoms with Crippen LogP contribution in [0, 0.1) is 6.92 Å². The molecule has 2 bridgehead atoms. The molecule has 2 aliphatic heterocycles. The fraction of sp³-hybridized carbons (Fsp3) is 0.455. The lowest BCUT2D eigenvalue weighted by molar-refractivity contribution is -0.134. The van der Waals surface area contributed by atoms with E-state index in [0.717, 1.165) is 55.2 Å². The van der Waals surface area contributed by atoms with E-state index in [1.165, 1.54) is 16.9 Å². The third kappa shape index (κ3) is 3.89. The smallest absolute Gasteiger partial charge is 0.282 e. The fourth-order valence-corrected chi connectivity index (χ4v) is 5.44. The van der Waals surface area contributed by atoms with Gasteiger partial charge in [-0.2, -0.15) is 4.98 Å². The number of thiazole rings is 1. The van der Waals surface area contributed by atoms with Crippen molar-refractivity contribution in [1.29, 1.82) is 0 Å². The van der Waals surface area contributed by atoms with Crippen LogP contribution in [-0.4, -0.2) is 62.4 Å². The van der Waals surface area contributed by atoms with Gasteiger partial charge in [-0.05, 0) is 43.9 Å². The number of rotatable bonds is 5. The molecule has 0 unspecified atom stereocenters. The monoisotopic (exact) mass is 423 g/mol. The van der Waals surface area contributed by atoms with Crippen molar-refractivity contribution >= 4 is 27.7 Å². The summed E-state index contributed by atoms with van der Waals surface area (Å²) in [5, 5.41) is 0.558. The molecule has 0 saturated carbocycles. The molecule has 0 N–H and O–H groups in total.